The second-order valence-electron chi connectivity index (χ2n) is 6.25. The van der Waals surface area contributed by atoms with E-state index < -0.39 is 0 Å². The number of carbonyl (C=O) groups excluding carboxylic acids is 1. The Hall–Kier alpha value is -2.27. The molecule has 0 bridgehead atoms. The Kier molecular flexibility index (Phi) is 5.11. The zero-order chi connectivity index (χ0) is 17.0. The predicted molar refractivity (Wildman–Crippen MR) is 95.2 cm³/mol. The van der Waals surface area contributed by atoms with E-state index in [9.17, 15) is 9.18 Å². The zero-order valence-corrected chi connectivity index (χ0v) is 14.1. The Bertz CT molecular complexity index is 721. The second-order valence-corrected chi connectivity index (χ2v) is 6.65. The molecule has 0 saturated heterocycles. The molecule has 1 amide bonds. The largest absolute Gasteiger partial charge is 0.332 e. The summed E-state index contributed by atoms with van der Waals surface area (Å²) in [6.45, 7) is 6.33. The molecule has 0 heterocycles. The maximum atomic E-state index is 13.1. The highest BCUT2D eigenvalue weighted by atomic mass is 32.1. The van der Waals surface area contributed by atoms with Crippen LogP contribution in [-0.4, -0.2) is 11.0 Å². The third-order valence-electron chi connectivity index (χ3n) is 3.32. The summed E-state index contributed by atoms with van der Waals surface area (Å²) in [6, 6.07) is 13.3. The Morgan fingerprint density at radius 3 is 2.30 bits per heavy atom. The molecular formula is C18H19FN2OS. The maximum absolute atomic E-state index is 13.1. The van der Waals surface area contributed by atoms with Crippen molar-refractivity contribution in [2.75, 3.05) is 5.32 Å². The van der Waals surface area contributed by atoms with Crippen LogP contribution in [-0.2, 0) is 5.41 Å². The van der Waals surface area contributed by atoms with Crippen LogP contribution in [0.25, 0.3) is 0 Å². The van der Waals surface area contributed by atoms with Crippen LogP contribution in [0.3, 0.4) is 0 Å². The van der Waals surface area contributed by atoms with Gasteiger partial charge >= 0.3 is 0 Å². The molecule has 2 aromatic rings. The van der Waals surface area contributed by atoms with E-state index >= 15 is 0 Å². The van der Waals surface area contributed by atoms with E-state index in [1.165, 1.54) is 12.1 Å². The molecule has 0 aliphatic carbocycles. The molecule has 0 aliphatic rings. The molecule has 2 rings (SSSR count). The van der Waals surface area contributed by atoms with Gasteiger partial charge in [0.15, 0.2) is 5.11 Å². The number of halogens is 1. The van der Waals surface area contributed by atoms with Gasteiger partial charge in [-0.3, -0.25) is 10.1 Å². The van der Waals surface area contributed by atoms with Crippen molar-refractivity contribution in [3.05, 3.63) is 65.5 Å². The van der Waals surface area contributed by atoms with E-state index in [0.717, 1.165) is 5.56 Å². The van der Waals surface area contributed by atoms with Crippen LogP contribution in [0.4, 0.5) is 10.1 Å². The topological polar surface area (TPSA) is 41.1 Å². The third kappa shape index (κ3) is 4.86. The minimum Gasteiger partial charge on any atom is -0.332 e. The highest BCUT2D eigenvalue weighted by Crippen LogP contribution is 2.22. The Balaban J connectivity index is 2.00. The molecule has 0 saturated carbocycles. The lowest BCUT2D eigenvalue weighted by atomic mass is 9.87. The fourth-order valence-electron chi connectivity index (χ4n) is 2.03. The van der Waals surface area contributed by atoms with Gasteiger partial charge in [-0.2, -0.15) is 0 Å². The average molecular weight is 330 g/mol. The van der Waals surface area contributed by atoms with Gasteiger partial charge in [-0.15, -0.1) is 0 Å². The van der Waals surface area contributed by atoms with Crippen LogP contribution < -0.4 is 10.6 Å². The first-order valence-electron chi connectivity index (χ1n) is 7.24. The van der Waals surface area contributed by atoms with E-state index in [1.807, 2.05) is 12.1 Å². The second kappa shape index (κ2) is 6.87. The molecule has 0 fully saturated rings. The monoisotopic (exact) mass is 330 g/mol. The SMILES string of the molecule is CC(C)(C)c1ccc(C(=O)NC(=S)Nc2cccc(F)c2)cc1. The first-order valence-corrected chi connectivity index (χ1v) is 7.65. The minimum absolute atomic E-state index is 0.0310. The van der Waals surface area contributed by atoms with Gasteiger partial charge in [0.05, 0.1) is 0 Å². The van der Waals surface area contributed by atoms with Gasteiger partial charge in [0.1, 0.15) is 5.82 Å². The normalized spacial score (nSPS) is 11.0. The van der Waals surface area contributed by atoms with Crippen molar-refractivity contribution in [3.63, 3.8) is 0 Å². The fourth-order valence-corrected chi connectivity index (χ4v) is 2.24. The number of benzene rings is 2. The van der Waals surface area contributed by atoms with Crippen LogP contribution in [0.15, 0.2) is 48.5 Å². The van der Waals surface area contributed by atoms with Gasteiger partial charge in [-0.25, -0.2) is 4.39 Å². The van der Waals surface area contributed by atoms with Gasteiger partial charge in [-0.1, -0.05) is 39.0 Å². The van der Waals surface area contributed by atoms with Gasteiger partial charge in [0, 0.05) is 11.3 Å². The van der Waals surface area contributed by atoms with Gasteiger partial charge in [0.2, 0.25) is 0 Å². The number of anilines is 1. The molecule has 5 heteroatoms. The minimum atomic E-state index is -0.373. The summed E-state index contributed by atoms with van der Waals surface area (Å²) in [7, 11) is 0. The molecule has 0 atom stereocenters. The van der Waals surface area contributed by atoms with Gasteiger partial charge in [-0.05, 0) is 53.5 Å². The summed E-state index contributed by atoms with van der Waals surface area (Å²) in [5, 5.41) is 5.49. The van der Waals surface area contributed by atoms with Crippen LogP contribution >= 0.6 is 12.2 Å². The summed E-state index contributed by atoms with van der Waals surface area (Å²) in [4.78, 5) is 12.2. The van der Waals surface area contributed by atoms with Crippen LogP contribution in [0, 0.1) is 5.82 Å². The number of carbonyl (C=O) groups is 1. The molecule has 0 spiro atoms. The maximum Gasteiger partial charge on any atom is 0.257 e. The fraction of sp³-hybridized carbons (Fsp3) is 0.222. The third-order valence-corrected chi connectivity index (χ3v) is 3.53. The van der Waals surface area contributed by atoms with Crippen molar-refractivity contribution in [2.45, 2.75) is 26.2 Å². The van der Waals surface area contributed by atoms with E-state index in [0.29, 0.717) is 11.3 Å². The lowest BCUT2D eigenvalue weighted by Crippen LogP contribution is -2.34. The standard InChI is InChI=1S/C18H19FN2OS/c1-18(2,3)13-9-7-12(8-10-13)16(22)21-17(23)20-15-6-4-5-14(19)11-15/h4-11H,1-3H3,(H2,20,21,22,23). The summed E-state index contributed by atoms with van der Waals surface area (Å²) in [6.07, 6.45) is 0. The number of hydrogen-bond donors (Lipinski definition) is 2. The molecule has 0 unspecified atom stereocenters. The van der Waals surface area contributed by atoms with Crippen LogP contribution in [0.1, 0.15) is 36.7 Å². The predicted octanol–water partition coefficient (Wildman–Crippen LogP) is 4.25. The Morgan fingerprint density at radius 2 is 1.74 bits per heavy atom. The molecule has 0 radical (unpaired) electrons. The number of thiocarbonyl (C=S) groups is 1. The summed E-state index contributed by atoms with van der Waals surface area (Å²) < 4.78 is 13.1. The summed E-state index contributed by atoms with van der Waals surface area (Å²) in [5.74, 6) is -0.679. The quantitative estimate of drug-likeness (QED) is 0.809. The van der Waals surface area contributed by atoms with E-state index in [-0.39, 0.29) is 22.3 Å². The molecule has 120 valence electrons. The molecule has 2 aromatic carbocycles. The van der Waals surface area contributed by atoms with E-state index in [2.05, 4.69) is 31.4 Å². The van der Waals surface area contributed by atoms with Crippen molar-refractivity contribution < 1.29 is 9.18 Å². The molecule has 0 aromatic heterocycles. The van der Waals surface area contributed by atoms with Gasteiger partial charge in [0.25, 0.3) is 5.91 Å². The van der Waals surface area contributed by atoms with Crippen molar-refractivity contribution in [1.29, 1.82) is 0 Å². The van der Waals surface area contributed by atoms with E-state index in [1.54, 1.807) is 24.3 Å². The number of hydrogen-bond acceptors (Lipinski definition) is 2. The van der Waals surface area contributed by atoms with Crippen LogP contribution in [0.2, 0.25) is 0 Å². The Morgan fingerprint density at radius 1 is 1.09 bits per heavy atom. The Labute approximate surface area is 140 Å². The van der Waals surface area contributed by atoms with Crippen molar-refractivity contribution >= 4 is 28.9 Å². The summed E-state index contributed by atoms with van der Waals surface area (Å²) >= 11 is 5.08. The number of amides is 1. The van der Waals surface area contributed by atoms with Gasteiger partial charge < -0.3 is 5.32 Å². The molecule has 23 heavy (non-hydrogen) atoms. The summed E-state index contributed by atoms with van der Waals surface area (Å²) in [5.41, 5.74) is 2.18. The first kappa shape index (κ1) is 17.1. The smallest absolute Gasteiger partial charge is 0.257 e. The zero-order valence-electron chi connectivity index (χ0n) is 13.3. The molecule has 0 aliphatic heterocycles. The van der Waals surface area contributed by atoms with E-state index in [4.69, 9.17) is 12.2 Å². The van der Waals surface area contributed by atoms with Crippen molar-refractivity contribution in [3.8, 4) is 0 Å². The number of rotatable bonds is 2. The molecule has 2 N–H and O–H groups in total. The molecular weight excluding hydrogens is 311 g/mol. The highest BCUT2D eigenvalue weighted by molar-refractivity contribution is 7.80. The molecule has 3 nitrogen and oxygen atoms in total. The first-order chi connectivity index (χ1) is 10.8. The number of nitrogens with one attached hydrogen (secondary N) is 2. The van der Waals surface area contributed by atoms with Crippen molar-refractivity contribution in [2.24, 2.45) is 0 Å². The lowest BCUT2D eigenvalue weighted by Gasteiger charge is -2.19. The average Bonchev–Trinajstić information content (AvgIpc) is 2.46. The van der Waals surface area contributed by atoms with Crippen molar-refractivity contribution in [1.82, 2.24) is 5.32 Å². The van der Waals surface area contributed by atoms with Crippen LogP contribution in [0.5, 0.6) is 0 Å². The lowest BCUT2D eigenvalue weighted by molar-refractivity contribution is 0.0977. The highest BCUT2D eigenvalue weighted by Gasteiger charge is 2.14.